The minimum absolute atomic E-state index is 0.160. The molecule has 2 N–H and O–H groups in total. The maximum atomic E-state index is 12.2. The average molecular weight is 341 g/mol. The molecule has 0 unspecified atom stereocenters. The van der Waals surface area contributed by atoms with Crippen LogP contribution in [-0.4, -0.2) is 15.6 Å². The Hall–Kier alpha value is -1.26. The minimum atomic E-state index is -2.49. The smallest absolute Gasteiger partial charge is 0.391 e. The molecule has 0 heterocycles. The summed E-state index contributed by atoms with van der Waals surface area (Å²) < 4.78 is 5.60. The van der Waals surface area contributed by atoms with Crippen LogP contribution >= 0.6 is 24.5 Å². The van der Waals surface area contributed by atoms with Gasteiger partial charge >= 0.3 is 8.60 Å². The van der Waals surface area contributed by atoms with E-state index in [4.69, 9.17) is 14.3 Å². The first-order valence-electron chi connectivity index (χ1n) is 5.32. The molecular formula is C13H10BrO4P. The van der Waals surface area contributed by atoms with Crippen LogP contribution in [0.15, 0.2) is 53.0 Å². The molecule has 0 aliphatic rings. The molecule has 0 spiro atoms. The van der Waals surface area contributed by atoms with E-state index in [1.165, 1.54) is 6.07 Å². The summed E-state index contributed by atoms with van der Waals surface area (Å²) in [4.78, 5) is 29.8. The molecule has 0 atom stereocenters. The van der Waals surface area contributed by atoms with Crippen LogP contribution in [0.2, 0.25) is 0 Å². The van der Waals surface area contributed by atoms with Crippen molar-refractivity contribution in [3.63, 3.8) is 0 Å². The Morgan fingerprint density at radius 2 is 1.68 bits per heavy atom. The van der Waals surface area contributed by atoms with Gasteiger partial charge in [-0.05, 0) is 24.3 Å². The first-order valence-corrected chi connectivity index (χ1v) is 7.28. The van der Waals surface area contributed by atoms with Crippen molar-refractivity contribution in [2.45, 2.75) is 0 Å². The van der Waals surface area contributed by atoms with Gasteiger partial charge in [-0.25, -0.2) is 0 Å². The number of rotatable bonds is 4. The summed E-state index contributed by atoms with van der Waals surface area (Å²) >= 11 is 3.31. The molecule has 0 aliphatic carbocycles. The topological polar surface area (TPSA) is 66.8 Å². The van der Waals surface area contributed by atoms with Gasteiger partial charge in [0.25, 0.3) is 0 Å². The van der Waals surface area contributed by atoms with Crippen molar-refractivity contribution < 1.29 is 19.1 Å². The van der Waals surface area contributed by atoms with E-state index >= 15 is 0 Å². The zero-order valence-corrected chi connectivity index (χ0v) is 12.1. The van der Waals surface area contributed by atoms with Crippen molar-refractivity contribution in [2.24, 2.45) is 0 Å². The third kappa shape index (κ3) is 3.85. The molecule has 2 aromatic carbocycles. The van der Waals surface area contributed by atoms with Crippen LogP contribution in [0.3, 0.4) is 0 Å². The van der Waals surface area contributed by atoms with E-state index in [0.717, 1.165) is 4.47 Å². The normalized spacial score (nSPS) is 10.5. The number of halogens is 1. The number of hydrogen-bond donors (Lipinski definition) is 2. The molecule has 0 aliphatic heterocycles. The van der Waals surface area contributed by atoms with Crippen LogP contribution in [0.1, 0.15) is 15.9 Å². The van der Waals surface area contributed by atoms with Crippen LogP contribution < -0.4 is 4.52 Å². The fraction of sp³-hybridized carbons (Fsp3) is 0. The van der Waals surface area contributed by atoms with Crippen molar-refractivity contribution in [1.82, 2.24) is 0 Å². The van der Waals surface area contributed by atoms with Gasteiger partial charge in [0.15, 0.2) is 5.78 Å². The van der Waals surface area contributed by atoms with E-state index < -0.39 is 8.60 Å². The predicted molar refractivity (Wildman–Crippen MR) is 76.0 cm³/mol. The maximum absolute atomic E-state index is 12.2. The van der Waals surface area contributed by atoms with E-state index in [-0.39, 0.29) is 11.5 Å². The highest BCUT2D eigenvalue weighted by Gasteiger charge is 2.11. The van der Waals surface area contributed by atoms with Gasteiger partial charge in [-0.1, -0.05) is 40.2 Å². The summed E-state index contributed by atoms with van der Waals surface area (Å²) in [6, 6.07) is 13.4. The van der Waals surface area contributed by atoms with Crippen LogP contribution in [0, 0.1) is 0 Å². The van der Waals surface area contributed by atoms with Gasteiger partial charge in [-0.3, -0.25) is 4.79 Å². The van der Waals surface area contributed by atoms with Crippen molar-refractivity contribution in [1.29, 1.82) is 0 Å². The average Bonchev–Trinajstić information content (AvgIpc) is 2.37. The van der Waals surface area contributed by atoms with Gasteiger partial charge in [-0.15, -0.1) is 0 Å². The first kappa shape index (κ1) is 14.2. The summed E-state index contributed by atoms with van der Waals surface area (Å²) in [6.45, 7) is 0. The van der Waals surface area contributed by atoms with Gasteiger partial charge in [0, 0.05) is 15.6 Å². The third-order valence-electron chi connectivity index (χ3n) is 2.37. The highest BCUT2D eigenvalue weighted by atomic mass is 79.9. The van der Waals surface area contributed by atoms with E-state index in [9.17, 15) is 4.79 Å². The molecule has 0 bridgehead atoms. The quantitative estimate of drug-likeness (QED) is 0.662. The largest absolute Gasteiger partial charge is 0.427 e. The Morgan fingerprint density at radius 1 is 1.05 bits per heavy atom. The SMILES string of the molecule is O=C(c1cccc(Br)c1)c1cccc(OP(O)O)c1. The summed E-state index contributed by atoms with van der Waals surface area (Å²) in [6.07, 6.45) is 0. The van der Waals surface area contributed by atoms with Gasteiger partial charge in [0.2, 0.25) is 0 Å². The van der Waals surface area contributed by atoms with Gasteiger partial charge < -0.3 is 14.3 Å². The Kier molecular flexibility index (Phi) is 4.66. The van der Waals surface area contributed by atoms with Gasteiger partial charge in [0.05, 0.1) is 0 Å². The first-order chi connectivity index (χ1) is 9.06. The van der Waals surface area contributed by atoms with Crippen molar-refractivity contribution in [3.8, 4) is 5.75 Å². The molecule has 19 heavy (non-hydrogen) atoms. The number of carbonyl (C=O) groups excluding carboxylic acids is 1. The standard InChI is InChI=1S/C13H10BrO4P/c14-11-5-1-3-9(7-11)13(15)10-4-2-6-12(8-10)18-19(16)17/h1-8,16-17H. The molecule has 6 heteroatoms. The third-order valence-corrected chi connectivity index (χ3v) is 3.24. The number of benzene rings is 2. The zero-order chi connectivity index (χ0) is 13.8. The van der Waals surface area contributed by atoms with E-state index in [0.29, 0.717) is 11.1 Å². The van der Waals surface area contributed by atoms with Gasteiger partial charge in [0.1, 0.15) is 5.75 Å². The Labute approximate surface area is 119 Å². The molecule has 0 aromatic heterocycles. The molecule has 0 fully saturated rings. The Bertz CT molecular complexity index is 601. The number of hydrogen-bond acceptors (Lipinski definition) is 4. The van der Waals surface area contributed by atoms with Gasteiger partial charge in [-0.2, -0.15) is 0 Å². The molecular weight excluding hydrogens is 331 g/mol. The molecule has 0 amide bonds. The van der Waals surface area contributed by atoms with E-state index in [1.807, 2.05) is 6.07 Å². The molecule has 0 saturated heterocycles. The number of carbonyl (C=O) groups is 1. The molecule has 2 aromatic rings. The molecule has 4 nitrogen and oxygen atoms in total. The summed E-state index contributed by atoms with van der Waals surface area (Å²) in [5, 5.41) is 0. The highest BCUT2D eigenvalue weighted by molar-refractivity contribution is 9.10. The molecule has 2 rings (SSSR count). The summed E-state index contributed by atoms with van der Waals surface area (Å²) in [5.41, 5.74) is 0.967. The van der Waals surface area contributed by atoms with E-state index in [2.05, 4.69) is 15.9 Å². The lowest BCUT2D eigenvalue weighted by Gasteiger charge is -2.07. The van der Waals surface area contributed by atoms with Crippen LogP contribution in [-0.2, 0) is 0 Å². The molecule has 98 valence electrons. The van der Waals surface area contributed by atoms with Crippen molar-refractivity contribution in [2.75, 3.05) is 0 Å². The fourth-order valence-corrected chi connectivity index (χ4v) is 2.29. The second-order valence-electron chi connectivity index (χ2n) is 3.71. The lowest BCUT2D eigenvalue weighted by molar-refractivity contribution is 0.103. The molecule has 0 radical (unpaired) electrons. The maximum Gasteiger partial charge on any atom is 0.391 e. The van der Waals surface area contributed by atoms with Crippen molar-refractivity contribution in [3.05, 3.63) is 64.1 Å². The lowest BCUT2D eigenvalue weighted by Crippen LogP contribution is -2.01. The minimum Gasteiger partial charge on any atom is -0.427 e. The molecule has 0 saturated carbocycles. The summed E-state index contributed by atoms with van der Waals surface area (Å²) in [7, 11) is -2.49. The summed E-state index contributed by atoms with van der Waals surface area (Å²) in [5.74, 6) is 0.0870. The predicted octanol–water partition coefficient (Wildman–Crippen LogP) is 3.27. The second kappa shape index (κ2) is 6.26. The fourth-order valence-electron chi connectivity index (χ4n) is 1.58. The number of ketones is 1. The highest BCUT2D eigenvalue weighted by Crippen LogP contribution is 2.29. The zero-order valence-electron chi connectivity index (χ0n) is 9.65. The van der Waals surface area contributed by atoms with Crippen LogP contribution in [0.25, 0.3) is 0 Å². The van der Waals surface area contributed by atoms with E-state index in [1.54, 1.807) is 36.4 Å². The Balaban J connectivity index is 2.29. The Morgan fingerprint density at radius 3 is 2.32 bits per heavy atom. The monoisotopic (exact) mass is 340 g/mol. The lowest BCUT2D eigenvalue weighted by atomic mass is 10.0. The van der Waals surface area contributed by atoms with Crippen LogP contribution in [0.4, 0.5) is 0 Å². The van der Waals surface area contributed by atoms with Crippen molar-refractivity contribution >= 4 is 30.3 Å². The second-order valence-corrected chi connectivity index (χ2v) is 5.32. The van der Waals surface area contributed by atoms with Crippen LogP contribution in [0.5, 0.6) is 5.75 Å².